The number of carbonyl (C=O) groups excluding carboxylic acids is 1. The van der Waals surface area contributed by atoms with E-state index >= 15 is 4.39 Å². The molecule has 0 bridgehead atoms. The molecular formula is C27H23F4N5O2. The van der Waals surface area contributed by atoms with E-state index < -0.39 is 41.2 Å². The topological polar surface area (TPSA) is 81.9 Å². The van der Waals surface area contributed by atoms with Crippen molar-refractivity contribution < 1.29 is 27.5 Å². The van der Waals surface area contributed by atoms with Crippen molar-refractivity contribution in [2.45, 2.75) is 25.2 Å². The number of aliphatic hydroxyl groups is 1. The number of hydrazine groups is 1. The highest BCUT2D eigenvalue weighted by Gasteiger charge is 2.37. The van der Waals surface area contributed by atoms with Gasteiger partial charge in [0.05, 0.1) is 23.3 Å². The Labute approximate surface area is 215 Å². The summed E-state index contributed by atoms with van der Waals surface area (Å²) >= 11 is 0. The minimum atomic E-state index is -4.83. The lowest BCUT2D eigenvalue weighted by Crippen LogP contribution is -2.29. The van der Waals surface area contributed by atoms with Crippen LogP contribution in [0.25, 0.3) is 16.9 Å². The Kier molecular flexibility index (Phi) is 6.41. The van der Waals surface area contributed by atoms with E-state index in [1.807, 2.05) is 6.07 Å². The van der Waals surface area contributed by atoms with Crippen LogP contribution in [0.1, 0.15) is 46.1 Å². The number of carbonyl (C=O) groups is 1. The summed E-state index contributed by atoms with van der Waals surface area (Å²) in [6.45, 7) is 1.60. The average Bonchev–Trinajstić information content (AvgIpc) is 3.47. The van der Waals surface area contributed by atoms with Crippen LogP contribution >= 0.6 is 0 Å². The molecule has 2 atom stereocenters. The van der Waals surface area contributed by atoms with Crippen LogP contribution in [0, 0.1) is 5.82 Å². The molecule has 4 aromatic rings. The molecule has 3 N–H and O–H groups in total. The molecule has 0 aliphatic carbocycles. The maximum atomic E-state index is 15.0. The number of imidazole rings is 1. The molecule has 0 saturated heterocycles. The van der Waals surface area contributed by atoms with Gasteiger partial charge in [-0.25, -0.2) is 14.8 Å². The highest BCUT2D eigenvalue weighted by atomic mass is 19.4. The van der Waals surface area contributed by atoms with Crippen LogP contribution in [-0.4, -0.2) is 32.5 Å². The first-order valence-corrected chi connectivity index (χ1v) is 11.7. The third kappa shape index (κ3) is 4.73. The Morgan fingerprint density at radius 3 is 2.53 bits per heavy atom. The zero-order valence-corrected chi connectivity index (χ0v) is 20.3. The minimum Gasteiger partial charge on any atom is -0.389 e. The normalized spacial score (nSPS) is 16.3. The van der Waals surface area contributed by atoms with Gasteiger partial charge in [-0.15, -0.1) is 0 Å². The number of aliphatic hydroxyl groups excluding tert-OH is 1. The molecule has 7 nitrogen and oxygen atoms in total. The van der Waals surface area contributed by atoms with Crippen molar-refractivity contribution in [2.24, 2.45) is 0 Å². The number of pyridine rings is 1. The third-order valence-corrected chi connectivity index (χ3v) is 6.28. The fraction of sp³-hybridized carbons (Fsp3) is 0.185. The molecule has 2 aromatic carbocycles. The van der Waals surface area contributed by atoms with Crippen LogP contribution in [0.15, 0.2) is 73.1 Å². The molecule has 0 saturated carbocycles. The summed E-state index contributed by atoms with van der Waals surface area (Å²) in [6, 6.07) is 12.6. The minimum absolute atomic E-state index is 0.202. The monoisotopic (exact) mass is 525 g/mol. The molecule has 1 aliphatic heterocycles. The standard InChI is InChI=1S/C27H23F4N5O2/c1-15(37)17-8-11-36-23(12-17)32-24(16-6-4-3-5-7-16)25(36)33-26(38)19-13-18(22-9-10-35(2)34-22)20(14-21(19)28)27(29,30)31/h3-15,22,34,37H,1-2H3,(H,33,38). The number of benzene rings is 2. The van der Waals surface area contributed by atoms with Crippen molar-refractivity contribution in [2.75, 3.05) is 12.4 Å². The van der Waals surface area contributed by atoms with Crippen LogP contribution in [0.5, 0.6) is 0 Å². The fourth-order valence-electron chi connectivity index (χ4n) is 4.37. The van der Waals surface area contributed by atoms with Crippen LogP contribution in [0.2, 0.25) is 0 Å². The van der Waals surface area contributed by atoms with Crippen molar-refractivity contribution in [1.29, 1.82) is 0 Å². The molecule has 3 heterocycles. The molecular weight excluding hydrogens is 502 g/mol. The molecule has 11 heteroatoms. The summed E-state index contributed by atoms with van der Waals surface area (Å²) in [4.78, 5) is 18.0. The van der Waals surface area contributed by atoms with Gasteiger partial charge in [0.1, 0.15) is 23.0 Å². The van der Waals surface area contributed by atoms with Gasteiger partial charge < -0.3 is 15.4 Å². The van der Waals surface area contributed by atoms with Gasteiger partial charge in [0.25, 0.3) is 5.91 Å². The van der Waals surface area contributed by atoms with Crippen LogP contribution in [0.4, 0.5) is 23.4 Å². The Hall–Kier alpha value is -4.22. The second kappa shape index (κ2) is 9.58. The van der Waals surface area contributed by atoms with Crippen LogP contribution in [0.3, 0.4) is 0 Å². The maximum Gasteiger partial charge on any atom is 0.416 e. The Morgan fingerprint density at radius 2 is 1.89 bits per heavy atom. The number of hydrogen-bond donors (Lipinski definition) is 3. The number of nitrogens with zero attached hydrogens (tertiary/aromatic N) is 3. The summed E-state index contributed by atoms with van der Waals surface area (Å²) in [5.74, 6) is -2.04. The number of rotatable bonds is 5. The summed E-state index contributed by atoms with van der Waals surface area (Å²) < 4.78 is 57.9. The first-order valence-electron chi connectivity index (χ1n) is 11.7. The smallest absolute Gasteiger partial charge is 0.389 e. The summed E-state index contributed by atoms with van der Waals surface area (Å²) in [6.07, 6.45) is -0.954. The van der Waals surface area contributed by atoms with Crippen molar-refractivity contribution in [3.05, 3.63) is 101 Å². The van der Waals surface area contributed by atoms with E-state index in [1.165, 1.54) is 11.1 Å². The number of halogens is 4. The molecule has 1 amide bonds. The largest absolute Gasteiger partial charge is 0.416 e. The molecule has 2 unspecified atom stereocenters. The Morgan fingerprint density at radius 1 is 1.16 bits per heavy atom. The fourth-order valence-corrected chi connectivity index (χ4v) is 4.37. The second-order valence-electron chi connectivity index (χ2n) is 8.97. The van der Waals surface area contributed by atoms with Gasteiger partial charge in [-0.1, -0.05) is 30.3 Å². The Balaban J connectivity index is 1.60. The lowest BCUT2D eigenvalue weighted by Gasteiger charge is -2.21. The predicted molar refractivity (Wildman–Crippen MR) is 133 cm³/mol. The first-order chi connectivity index (χ1) is 18.0. The van der Waals surface area contributed by atoms with E-state index in [1.54, 1.807) is 67.2 Å². The molecule has 0 radical (unpaired) electrons. The lowest BCUT2D eigenvalue weighted by atomic mass is 9.96. The molecule has 2 aromatic heterocycles. The van der Waals surface area contributed by atoms with Gasteiger partial charge >= 0.3 is 6.18 Å². The number of anilines is 1. The number of alkyl halides is 3. The number of hydrogen-bond acceptors (Lipinski definition) is 5. The molecule has 5 rings (SSSR count). The van der Waals surface area contributed by atoms with Crippen molar-refractivity contribution >= 4 is 17.4 Å². The molecule has 196 valence electrons. The summed E-state index contributed by atoms with van der Waals surface area (Å²) in [5.41, 5.74) is 2.85. The summed E-state index contributed by atoms with van der Waals surface area (Å²) in [7, 11) is 1.61. The number of fused-ring (bicyclic) bond motifs is 1. The van der Waals surface area contributed by atoms with E-state index in [-0.39, 0.29) is 11.4 Å². The summed E-state index contributed by atoms with van der Waals surface area (Å²) in [5, 5.41) is 14.1. The van der Waals surface area contributed by atoms with E-state index in [2.05, 4.69) is 15.7 Å². The quantitative estimate of drug-likeness (QED) is 0.301. The first kappa shape index (κ1) is 25.4. The third-order valence-electron chi connectivity index (χ3n) is 6.28. The van der Waals surface area contributed by atoms with Crippen molar-refractivity contribution in [3.63, 3.8) is 0 Å². The lowest BCUT2D eigenvalue weighted by molar-refractivity contribution is -0.138. The zero-order valence-electron chi connectivity index (χ0n) is 20.3. The number of nitrogens with one attached hydrogen (secondary N) is 2. The van der Waals surface area contributed by atoms with Crippen molar-refractivity contribution in [1.82, 2.24) is 19.8 Å². The van der Waals surface area contributed by atoms with E-state index in [4.69, 9.17) is 0 Å². The van der Waals surface area contributed by atoms with E-state index in [0.29, 0.717) is 28.5 Å². The van der Waals surface area contributed by atoms with Gasteiger partial charge in [-0.3, -0.25) is 9.20 Å². The van der Waals surface area contributed by atoms with E-state index in [0.717, 1.165) is 6.07 Å². The molecule has 0 fully saturated rings. The second-order valence-corrected chi connectivity index (χ2v) is 8.97. The van der Waals surface area contributed by atoms with E-state index in [9.17, 15) is 23.1 Å². The number of aromatic nitrogens is 2. The highest BCUT2D eigenvalue weighted by molar-refractivity contribution is 6.06. The maximum absolute atomic E-state index is 15.0. The molecule has 1 aliphatic rings. The average molecular weight is 526 g/mol. The van der Waals surface area contributed by atoms with Gasteiger partial charge in [0.2, 0.25) is 0 Å². The van der Waals surface area contributed by atoms with Gasteiger partial charge in [-0.2, -0.15) is 13.2 Å². The molecule has 38 heavy (non-hydrogen) atoms. The molecule has 0 spiro atoms. The predicted octanol–water partition coefficient (Wildman–Crippen LogP) is 5.47. The SMILES string of the molecule is CC(O)c1ccn2c(NC(=O)c3cc(C4C=CN(C)N4)c(C(F)(F)F)cc3F)c(-c3ccccc3)nc2c1. The Bertz CT molecular complexity index is 1550. The van der Waals surface area contributed by atoms with Crippen LogP contribution in [-0.2, 0) is 6.18 Å². The van der Waals surface area contributed by atoms with Gasteiger partial charge in [0, 0.05) is 25.0 Å². The van der Waals surface area contributed by atoms with Crippen molar-refractivity contribution in [3.8, 4) is 11.3 Å². The highest BCUT2D eigenvalue weighted by Crippen LogP contribution is 2.38. The van der Waals surface area contributed by atoms with Gasteiger partial charge in [-0.05, 0) is 48.4 Å². The zero-order chi connectivity index (χ0) is 27.2. The van der Waals surface area contributed by atoms with Gasteiger partial charge in [0.15, 0.2) is 0 Å². The number of amides is 1. The van der Waals surface area contributed by atoms with Crippen LogP contribution < -0.4 is 10.7 Å².